The van der Waals surface area contributed by atoms with Gasteiger partial charge in [0.1, 0.15) is 11.6 Å². The zero-order chi connectivity index (χ0) is 17.9. The zero-order valence-electron chi connectivity index (χ0n) is 14.5. The Hall–Kier alpha value is -2.50. The molecule has 0 fully saturated rings. The minimum Gasteiger partial charge on any atom is -0.480 e. The van der Waals surface area contributed by atoms with Crippen molar-refractivity contribution in [2.45, 2.75) is 52.2 Å². The maximum atomic E-state index is 11.9. The largest absolute Gasteiger partial charge is 0.480 e. The van der Waals surface area contributed by atoms with Gasteiger partial charge in [-0.25, -0.2) is 9.59 Å². The van der Waals surface area contributed by atoms with Crippen LogP contribution in [0.15, 0.2) is 24.4 Å². The van der Waals surface area contributed by atoms with Gasteiger partial charge in [-0.3, -0.25) is 0 Å². The molecule has 0 saturated carbocycles. The molecule has 1 aromatic heterocycles. The lowest BCUT2D eigenvalue weighted by molar-refractivity contribution is -0.139. The molecule has 130 valence electrons. The molecule has 0 saturated heterocycles. The number of aliphatic carboxylic acids is 1. The number of fused-ring (bicyclic) bond motifs is 1. The summed E-state index contributed by atoms with van der Waals surface area (Å²) in [5, 5.41) is 12.8. The third-order valence-corrected chi connectivity index (χ3v) is 3.68. The number of aromatic amines is 1. The number of hydrogen-bond donors (Lipinski definition) is 3. The highest BCUT2D eigenvalue weighted by atomic mass is 16.6. The third-order valence-electron chi connectivity index (χ3n) is 3.68. The van der Waals surface area contributed by atoms with E-state index >= 15 is 0 Å². The number of H-pyrrole nitrogens is 1. The van der Waals surface area contributed by atoms with Crippen LogP contribution < -0.4 is 5.32 Å². The number of rotatable bonds is 5. The number of aromatic nitrogens is 1. The molecule has 0 aliphatic heterocycles. The second-order valence-corrected chi connectivity index (χ2v) is 6.75. The van der Waals surface area contributed by atoms with Gasteiger partial charge in [0.25, 0.3) is 0 Å². The average Bonchev–Trinajstić information content (AvgIpc) is 2.87. The molecule has 6 nitrogen and oxygen atoms in total. The summed E-state index contributed by atoms with van der Waals surface area (Å²) in [4.78, 5) is 26.6. The predicted molar refractivity (Wildman–Crippen MR) is 92.2 cm³/mol. The van der Waals surface area contributed by atoms with Gasteiger partial charge in [-0.15, -0.1) is 0 Å². The standard InChI is InChI=1S/C18H24N2O4/c1-5-11-7-6-8-13-12(10-19-15(11)13)9-14(16(21)22)20-17(23)24-18(2,3)4/h6-8,10,14,19H,5,9H2,1-4H3,(H,20,23)(H,21,22)/t14-/m0/s1. The van der Waals surface area contributed by atoms with E-state index in [1.165, 1.54) is 5.56 Å². The van der Waals surface area contributed by atoms with Crippen molar-refractivity contribution in [2.24, 2.45) is 0 Å². The van der Waals surface area contributed by atoms with E-state index in [1.54, 1.807) is 27.0 Å². The summed E-state index contributed by atoms with van der Waals surface area (Å²) in [7, 11) is 0. The second-order valence-electron chi connectivity index (χ2n) is 6.75. The molecule has 0 aliphatic rings. The Labute approximate surface area is 141 Å². The van der Waals surface area contributed by atoms with E-state index in [0.29, 0.717) is 0 Å². The molecule has 2 aromatic rings. The molecule has 0 unspecified atom stereocenters. The molecule has 0 bridgehead atoms. The lowest BCUT2D eigenvalue weighted by Crippen LogP contribution is -2.44. The lowest BCUT2D eigenvalue weighted by atomic mass is 10.0. The first kappa shape index (κ1) is 17.8. The van der Waals surface area contributed by atoms with Gasteiger partial charge in [-0.05, 0) is 38.3 Å². The maximum Gasteiger partial charge on any atom is 0.408 e. The summed E-state index contributed by atoms with van der Waals surface area (Å²) >= 11 is 0. The fourth-order valence-electron chi connectivity index (χ4n) is 2.61. The van der Waals surface area contributed by atoms with Crippen molar-refractivity contribution in [1.29, 1.82) is 0 Å². The van der Waals surface area contributed by atoms with Gasteiger partial charge in [-0.2, -0.15) is 0 Å². The van der Waals surface area contributed by atoms with Gasteiger partial charge in [0, 0.05) is 23.5 Å². The van der Waals surface area contributed by atoms with Crippen LogP contribution >= 0.6 is 0 Å². The van der Waals surface area contributed by atoms with Gasteiger partial charge in [-0.1, -0.05) is 25.1 Å². The summed E-state index contributed by atoms with van der Waals surface area (Å²) in [5.41, 5.74) is 2.36. The van der Waals surface area contributed by atoms with Crippen molar-refractivity contribution in [3.05, 3.63) is 35.5 Å². The first-order chi connectivity index (χ1) is 11.2. The third kappa shape index (κ3) is 4.28. The molecule has 1 aromatic carbocycles. The molecule has 1 atom stereocenters. The highest BCUT2D eigenvalue weighted by Crippen LogP contribution is 2.23. The number of amides is 1. The number of aryl methyl sites for hydroxylation is 1. The van der Waals surface area contributed by atoms with Crippen LogP contribution in [0.1, 0.15) is 38.8 Å². The van der Waals surface area contributed by atoms with E-state index in [2.05, 4.69) is 17.2 Å². The van der Waals surface area contributed by atoms with Crippen LogP contribution in [0.4, 0.5) is 4.79 Å². The summed E-state index contributed by atoms with van der Waals surface area (Å²) in [6.07, 6.45) is 2.14. The van der Waals surface area contributed by atoms with E-state index in [4.69, 9.17) is 4.74 Å². The SMILES string of the molecule is CCc1cccc2c(C[C@H](NC(=O)OC(C)(C)C)C(=O)O)c[nH]c12. The van der Waals surface area contributed by atoms with Crippen LogP contribution in [0, 0.1) is 0 Å². The number of para-hydroxylation sites is 1. The Bertz CT molecular complexity index is 743. The van der Waals surface area contributed by atoms with Gasteiger partial charge < -0.3 is 20.1 Å². The van der Waals surface area contributed by atoms with Gasteiger partial charge in [0.15, 0.2) is 0 Å². The maximum absolute atomic E-state index is 11.9. The molecule has 2 rings (SSSR count). The first-order valence-electron chi connectivity index (χ1n) is 8.01. The van der Waals surface area contributed by atoms with Crippen molar-refractivity contribution < 1.29 is 19.4 Å². The van der Waals surface area contributed by atoms with E-state index in [-0.39, 0.29) is 6.42 Å². The first-order valence-corrected chi connectivity index (χ1v) is 8.01. The lowest BCUT2D eigenvalue weighted by Gasteiger charge is -2.22. The Morgan fingerprint density at radius 3 is 2.58 bits per heavy atom. The van der Waals surface area contributed by atoms with E-state index < -0.39 is 23.7 Å². The minimum atomic E-state index is -1.10. The van der Waals surface area contributed by atoms with Crippen molar-refractivity contribution in [3.8, 4) is 0 Å². The fraction of sp³-hybridized carbons (Fsp3) is 0.444. The summed E-state index contributed by atoms with van der Waals surface area (Å²) in [6, 6.07) is 4.89. The molecule has 0 radical (unpaired) electrons. The average molecular weight is 332 g/mol. The number of alkyl carbamates (subject to hydrolysis) is 1. The van der Waals surface area contributed by atoms with Crippen molar-refractivity contribution in [2.75, 3.05) is 0 Å². The molecular weight excluding hydrogens is 308 g/mol. The van der Waals surface area contributed by atoms with Crippen molar-refractivity contribution in [3.63, 3.8) is 0 Å². The fourth-order valence-corrected chi connectivity index (χ4v) is 2.61. The second kappa shape index (κ2) is 6.95. The van der Waals surface area contributed by atoms with Gasteiger partial charge in [0.2, 0.25) is 0 Å². The zero-order valence-corrected chi connectivity index (χ0v) is 14.5. The number of carbonyl (C=O) groups excluding carboxylic acids is 1. The van der Waals surface area contributed by atoms with Gasteiger partial charge >= 0.3 is 12.1 Å². The van der Waals surface area contributed by atoms with Crippen molar-refractivity contribution >= 4 is 23.0 Å². The number of ether oxygens (including phenoxy) is 1. The highest BCUT2D eigenvalue weighted by molar-refractivity contribution is 5.87. The van der Waals surface area contributed by atoms with Crippen LogP contribution in [0.2, 0.25) is 0 Å². The highest BCUT2D eigenvalue weighted by Gasteiger charge is 2.25. The molecule has 0 aliphatic carbocycles. The molecule has 0 spiro atoms. The van der Waals surface area contributed by atoms with Crippen LogP contribution in [-0.2, 0) is 22.4 Å². The Morgan fingerprint density at radius 2 is 2.00 bits per heavy atom. The number of benzene rings is 1. The minimum absolute atomic E-state index is 0.182. The quantitative estimate of drug-likeness (QED) is 0.784. The van der Waals surface area contributed by atoms with Crippen LogP contribution in [0.3, 0.4) is 0 Å². The van der Waals surface area contributed by atoms with Crippen LogP contribution in [-0.4, -0.2) is 33.8 Å². The topological polar surface area (TPSA) is 91.4 Å². The number of carboxylic acids is 1. The Kier molecular flexibility index (Phi) is 5.17. The van der Waals surface area contributed by atoms with Crippen LogP contribution in [0.5, 0.6) is 0 Å². The number of hydrogen-bond acceptors (Lipinski definition) is 3. The smallest absolute Gasteiger partial charge is 0.408 e. The van der Waals surface area contributed by atoms with E-state index in [9.17, 15) is 14.7 Å². The van der Waals surface area contributed by atoms with E-state index in [0.717, 1.165) is 22.9 Å². The number of nitrogens with one attached hydrogen (secondary N) is 2. The van der Waals surface area contributed by atoms with Crippen LogP contribution in [0.25, 0.3) is 10.9 Å². The molecule has 3 N–H and O–H groups in total. The monoisotopic (exact) mass is 332 g/mol. The molecule has 1 heterocycles. The molecule has 6 heteroatoms. The van der Waals surface area contributed by atoms with E-state index in [1.807, 2.05) is 18.2 Å². The van der Waals surface area contributed by atoms with Crippen molar-refractivity contribution in [1.82, 2.24) is 10.3 Å². The summed E-state index contributed by atoms with van der Waals surface area (Å²) < 4.78 is 5.14. The Balaban J connectivity index is 2.20. The molecular formula is C18H24N2O4. The predicted octanol–water partition coefficient (Wildman–Crippen LogP) is 3.25. The number of carbonyl (C=O) groups is 2. The Morgan fingerprint density at radius 1 is 1.29 bits per heavy atom. The number of carboxylic acid groups (broad SMARTS) is 1. The molecule has 1 amide bonds. The summed E-state index contributed by atoms with van der Waals surface area (Å²) in [6.45, 7) is 7.26. The summed E-state index contributed by atoms with van der Waals surface area (Å²) in [5.74, 6) is -1.10. The normalized spacial score (nSPS) is 12.8. The van der Waals surface area contributed by atoms with Gasteiger partial charge in [0.05, 0.1) is 0 Å². The molecule has 24 heavy (non-hydrogen) atoms.